The Morgan fingerprint density at radius 1 is 0.448 bits per heavy atom. The average Bonchev–Trinajstić information content (AvgIpc) is 3.29. The lowest BCUT2D eigenvalue weighted by molar-refractivity contribution is -0.887. The molecule has 67 heavy (non-hydrogen) atoms. The molecular weight excluding hydrogens is 835 g/mol. The molecule has 8 heteroatoms. The van der Waals surface area contributed by atoms with Gasteiger partial charge >= 0.3 is 17.9 Å². The fourth-order valence-corrected chi connectivity index (χ4v) is 7.18. The smallest absolute Gasteiger partial charge is 0.362 e. The van der Waals surface area contributed by atoms with Gasteiger partial charge in [0.25, 0.3) is 0 Å². The topological polar surface area (TPSA) is 99.1 Å². The Kier molecular flexibility index (Phi) is 45.5. The van der Waals surface area contributed by atoms with Crippen molar-refractivity contribution in [2.45, 2.75) is 206 Å². The van der Waals surface area contributed by atoms with E-state index in [-0.39, 0.29) is 42.7 Å². The van der Waals surface area contributed by atoms with Gasteiger partial charge < -0.3 is 23.8 Å². The van der Waals surface area contributed by atoms with Crippen LogP contribution in [0.25, 0.3) is 0 Å². The minimum Gasteiger partial charge on any atom is -0.477 e. The molecule has 0 heterocycles. The summed E-state index contributed by atoms with van der Waals surface area (Å²) in [5.41, 5.74) is 0. The monoisotopic (exact) mass is 933 g/mol. The number of hydrogen-bond donors (Lipinski definition) is 1. The molecule has 380 valence electrons. The summed E-state index contributed by atoms with van der Waals surface area (Å²) in [7, 11) is 5.51. The first-order valence-electron chi connectivity index (χ1n) is 26.4. The van der Waals surface area contributed by atoms with E-state index in [2.05, 4.69) is 123 Å². The van der Waals surface area contributed by atoms with Gasteiger partial charge in [-0.3, -0.25) is 9.59 Å². The molecule has 0 fully saturated rings. The van der Waals surface area contributed by atoms with Crippen molar-refractivity contribution in [1.29, 1.82) is 0 Å². The molecule has 0 saturated heterocycles. The van der Waals surface area contributed by atoms with Crippen molar-refractivity contribution < 1.29 is 38.2 Å². The van der Waals surface area contributed by atoms with Crippen molar-refractivity contribution in [1.82, 2.24) is 0 Å². The number of aliphatic carboxylic acids is 1. The van der Waals surface area contributed by atoms with Crippen LogP contribution < -0.4 is 0 Å². The number of allylic oxidation sites excluding steroid dienone is 18. The number of hydrogen-bond acceptors (Lipinski definition) is 6. The van der Waals surface area contributed by atoms with Gasteiger partial charge in [0.05, 0.1) is 34.4 Å². The van der Waals surface area contributed by atoms with Crippen LogP contribution >= 0.6 is 0 Å². The predicted molar refractivity (Wildman–Crippen MR) is 284 cm³/mol. The third-order valence-corrected chi connectivity index (χ3v) is 11.2. The number of nitrogens with zero attached hydrogens (tertiary/aromatic N) is 1. The first-order valence-corrected chi connectivity index (χ1v) is 26.4. The maximum atomic E-state index is 12.8. The molecule has 2 atom stereocenters. The van der Waals surface area contributed by atoms with Crippen LogP contribution in [-0.4, -0.2) is 80.6 Å². The lowest BCUT2D eigenvalue weighted by Crippen LogP contribution is -2.50. The summed E-state index contributed by atoms with van der Waals surface area (Å²) in [4.78, 5) is 37.2. The van der Waals surface area contributed by atoms with E-state index < -0.39 is 18.1 Å². The van der Waals surface area contributed by atoms with Crippen LogP contribution in [0, 0.1) is 0 Å². The Morgan fingerprint density at radius 2 is 0.806 bits per heavy atom. The highest BCUT2D eigenvalue weighted by atomic mass is 16.6. The highest BCUT2D eigenvalue weighted by Crippen LogP contribution is 2.15. The van der Waals surface area contributed by atoms with Crippen LogP contribution in [0.3, 0.4) is 0 Å². The van der Waals surface area contributed by atoms with E-state index in [1.54, 1.807) is 0 Å². The molecule has 1 N–H and O–H groups in total. The van der Waals surface area contributed by atoms with E-state index in [0.29, 0.717) is 19.3 Å². The van der Waals surface area contributed by atoms with Gasteiger partial charge in [-0.1, -0.05) is 194 Å². The first kappa shape index (κ1) is 63.0. The predicted octanol–water partition coefficient (Wildman–Crippen LogP) is 15.6. The maximum Gasteiger partial charge on any atom is 0.362 e. The Morgan fingerprint density at radius 3 is 1.21 bits per heavy atom. The zero-order chi connectivity index (χ0) is 49.2. The number of carboxylic acid groups (broad SMARTS) is 1. The summed E-state index contributed by atoms with van der Waals surface area (Å²) in [5, 5.41) is 9.66. The maximum absolute atomic E-state index is 12.8. The summed E-state index contributed by atoms with van der Waals surface area (Å²) >= 11 is 0. The van der Waals surface area contributed by atoms with Gasteiger partial charge in [0.2, 0.25) is 0 Å². The number of carboxylic acids is 1. The zero-order valence-corrected chi connectivity index (χ0v) is 43.3. The summed E-state index contributed by atoms with van der Waals surface area (Å²) in [6.45, 7) is 4.45. The Labute approximate surface area is 410 Å². The minimum atomic E-state index is -0.886. The Balaban J connectivity index is 4.32. The van der Waals surface area contributed by atoms with E-state index in [9.17, 15) is 19.5 Å². The highest BCUT2D eigenvalue weighted by molar-refractivity contribution is 5.72. The fraction of sp³-hybridized carbons (Fsp3) is 0.644. The first-order chi connectivity index (χ1) is 32.6. The van der Waals surface area contributed by atoms with E-state index in [1.807, 2.05) is 21.1 Å². The molecule has 0 aromatic carbocycles. The average molecular weight is 933 g/mol. The molecule has 8 nitrogen and oxygen atoms in total. The van der Waals surface area contributed by atoms with E-state index in [4.69, 9.17) is 14.2 Å². The standard InChI is InChI=1S/C59H97NO7/c1-6-8-10-12-14-16-18-20-22-24-26-28-29-30-32-34-36-38-40-42-44-46-48-50-58(62)67-55(53-65-52-51-56(59(63)64)60(3,4)5)54-66-57(61)49-47-45-43-41-39-37-35-33-31-27-25-23-21-19-17-15-13-11-9-7-2/h8-11,14-17,20-23,27,31,35,37,41,43,55-56H,6-7,12-13,18-19,24-26,28-30,32-34,36,38-40,42,44-54H2,1-5H3/p+1/b10-8+,11-9+,16-14+,17-15+,22-20+,23-21+,31-27+,37-35+,43-41+. The number of quaternary nitrogens is 1. The lowest BCUT2D eigenvalue weighted by Gasteiger charge is -2.31. The molecule has 0 spiro atoms. The second kappa shape index (κ2) is 48.4. The van der Waals surface area contributed by atoms with Gasteiger partial charge in [-0.05, 0) is 89.9 Å². The molecule has 0 aromatic rings. The molecule has 0 aliphatic rings. The second-order valence-corrected chi connectivity index (χ2v) is 18.4. The van der Waals surface area contributed by atoms with Crippen molar-refractivity contribution in [2.24, 2.45) is 0 Å². The number of rotatable bonds is 46. The Hall–Kier alpha value is -4.01. The van der Waals surface area contributed by atoms with E-state index in [1.165, 1.54) is 70.6 Å². The third-order valence-electron chi connectivity index (χ3n) is 11.2. The summed E-state index contributed by atoms with van der Waals surface area (Å²) in [5.74, 6) is -1.55. The minimum absolute atomic E-state index is 0.0365. The number of carbonyl (C=O) groups excluding carboxylic acids is 2. The van der Waals surface area contributed by atoms with Gasteiger partial charge in [-0.15, -0.1) is 0 Å². The number of unbranched alkanes of at least 4 members (excludes halogenated alkanes) is 14. The van der Waals surface area contributed by atoms with E-state index >= 15 is 0 Å². The summed E-state index contributed by atoms with van der Waals surface area (Å²) in [6.07, 6.45) is 67.2. The molecular formula is C59H98NO7+. The van der Waals surface area contributed by atoms with Gasteiger partial charge in [-0.25, -0.2) is 4.79 Å². The third kappa shape index (κ3) is 46.9. The SMILES string of the molecule is CC/C=C/C/C=C/C/C=C/C/C=C/C/C=C/C/C=C/CCCC(=O)OCC(COCCC(C(=O)O)[N+](C)(C)C)OC(=O)CCCCCCCCCCCCCCC/C=C/C/C=C/C/C=C/CC. The van der Waals surface area contributed by atoms with Crippen molar-refractivity contribution in [2.75, 3.05) is 41.0 Å². The van der Waals surface area contributed by atoms with Crippen LogP contribution in [0.1, 0.15) is 194 Å². The summed E-state index contributed by atoms with van der Waals surface area (Å²) in [6, 6.07) is -0.630. The quantitative estimate of drug-likeness (QED) is 0.0281. The molecule has 0 bridgehead atoms. The van der Waals surface area contributed by atoms with Gasteiger partial charge in [0.1, 0.15) is 6.61 Å². The molecule has 0 aliphatic carbocycles. The van der Waals surface area contributed by atoms with Crippen LogP contribution in [0.4, 0.5) is 0 Å². The molecule has 0 aromatic heterocycles. The number of likely N-dealkylation sites (N-methyl/N-ethyl adjacent to an activating group) is 1. The fourth-order valence-electron chi connectivity index (χ4n) is 7.18. The van der Waals surface area contributed by atoms with Crippen molar-refractivity contribution in [3.05, 3.63) is 109 Å². The van der Waals surface area contributed by atoms with Crippen molar-refractivity contribution >= 4 is 17.9 Å². The number of ether oxygens (including phenoxy) is 3. The van der Waals surface area contributed by atoms with Crippen LogP contribution in [0.2, 0.25) is 0 Å². The van der Waals surface area contributed by atoms with E-state index in [0.717, 1.165) is 83.5 Å². The second-order valence-electron chi connectivity index (χ2n) is 18.4. The van der Waals surface area contributed by atoms with Gasteiger partial charge in [-0.2, -0.15) is 0 Å². The van der Waals surface area contributed by atoms with Gasteiger partial charge in [0, 0.05) is 19.3 Å². The van der Waals surface area contributed by atoms with Gasteiger partial charge in [0.15, 0.2) is 12.1 Å². The molecule has 0 radical (unpaired) electrons. The summed E-state index contributed by atoms with van der Waals surface area (Å²) < 4.78 is 17.3. The largest absolute Gasteiger partial charge is 0.477 e. The number of carbonyl (C=O) groups is 3. The normalized spacial score (nSPS) is 13.7. The van der Waals surface area contributed by atoms with Crippen molar-refractivity contribution in [3.8, 4) is 0 Å². The van der Waals surface area contributed by atoms with Crippen LogP contribution in [0.5, 0.6) is 0 Å². The lowest BCUT2D eigenvalue weighted by atomic mass is 10.0. The number of esters is 2. The molecule has 0 aliphatic heterocycles. The molecule has 0 rings (SSSR count). The highest BCUT2D eigenvalue weighted by Gasteiger charge is 2.31. The molecule has 0 saturated carbocycles. The zero-order valence-electron chi connectivity index (χ0n) is 43.3. The molecule has 2 unspecified atom stereocenters. The van der Waals surface area contributed by atoms with Crippen molar-refractivity contribution in [3.63, 3.8) is 0 Å². The van der Waals surface area contributed by atoms with Crippen LogP contribution in [-0.2, 0) is 28.6 Å². The van der Waals surface area contributed by atoms with Crippen LogP contribution in [0.15, 0.2) is 109 Å². The Bertz CT molecular complexity index is 1460. The molecule has 0 amide bonds.